The Labute approximate surface area is 179 Å². The Bertz CT molecular complexity index is 1050. The zero-order valence-corrected chi connectivity index (χ0v) is 18.1. The topological polar surface area (TPSA) is 86.5 Å². The number of aromatic nitrogens is 3. The molecule has 1 aromatic heterocycles. The van der Waals surface area contributed by atoms with E-state index in [4.69, 9.17) is 9.47 Å². The molecule has 8 heteroatoms. The van der Waals surface area contributed by atoms with E-state index in [-0.39, 0.29) is 4.91 Å². The lowest BCUT2D eigenvalue weighted by Crippen LogP contribution is -2.03. The summed E-state index contributed by atoms with van der Waals surface area (Å²) in [7, 11) is 3.17. The molecule has 2 aromatic carbocycles. The van der Waals surface area contributed by atoms with Gasteiger partial charge in [-0.3, -0.25) is 0 Å². The molecule has 0 aliphatic carbocycles. The van der Waals surface area contributed by atoms with E-state index in [9.17, 15) is 9.90 Å². The first-order chi connectivity index (χ1) is 14.4. The summed E-state index contributed by atoms with van der Waals surface area (Å²) in [5, 5.41) is 18.7. The van der Waals surface area contributed by atoms with Gasteiger partial charge in [-0.1, -0.05) is 29.8 Å². The zero-order valence-electron chi connectivity index (χ0n) is 17.2. The Morgan fingerprint density at radius 3 is 2.27 bits per heavy atom. The number of aryl methyl sites for hydroxylation is 1. The smallest absolute Gasteiger partial charge is 0.342 e. The highest BCUT2D eigenvalue weighted by Gasteiger charge is 2.19. The summed E-state index contributed by atoms with van der Waals surface area (Å²) in [6, 6.07) is 13.1. The number of ether oxygens (including phenoxy) is 2. The molecule has 0 radical (unpaired) electrons. The van der Waals surface area contributed by atoms with Gasteiger partial charge in [0, 0.05) is 18.2 Å². The van der Waals surface area contributed by atoms with E-state index in [0.29, 0.717) is 29.0 Å². The molecular formula is C22H23N3O4S. The van der Waals surface area contributed by atoms with E-state index in [0.717, 1.165) is 28.5 Å². The molecule has 0 atom stereocenters. The minimum Gasteiger partial charge on any atom is -0.497 e. The normalized spacial score (nSPS) is 11.4. The van der Waals surface area contributed by atoms with Crippen molar-refractivity contribution in [3.8, 4) is 22.9 Å². The summed E-state index contributed by atoms with van der Waals surface area (Å²) in [4.78, 5) is 12.0. The van der Waals surface area contributed by atoms with Gasteiger partial charge in [0.05, 0.1) is 14.2 Å². The van der Waals surface area contributed by atoms with Crippen LogP contribution in [-0.4, -0.2) is 40.1 Å². The zero-order chi connectivity index (χ0) is 21.7. The summed E-state index contributed by atoms with van der Waals surface area (Å²) in [6.45, 7) is 4.51. The average Bonchev–Trinajstić information content (AvgIpc) is 3.16. The molecule has 3 rings (SSSR count). The van der Waals surface area contributed by atoms with Crippen molar-refractivity contribution in [3.05, 3.63) is 58.5 Å². The van der Waals surface area contributed by atoms with E-state index in [2.05, 4.69) is 10.2 Å². The third-order valence-corrected chi connectivity index (χ3v) is 5.43. The van der Waals surface area contributed by atoms with Crippen molar-refractivity contribution < 1.29 is 19.4 Å². The highest BCUT2D eigenvalue weighted by molar-refractivity contribution is 8.04. The second-order valence-corrected chi connectivity index (χ2v) is 7.49. The number of benzene rings is 2. The number of nitrogens with zero attached hydrogens (tertiary/aromatic N) is 3. The number of hydrogen-bond acceptors (Lipinski definition) is 6. The van der Waals surface area contributed by atoms with Crippen LogP contribution in [-0.2, 0) is 11.3 Å². The number of thioether (sulfide) groups is 1. The van der Waals surface area contributed by atoms with Crippen LogP contribution in [0.15, 0.2) is 52.5 Å². The molecule has 1 heterocycles. The molecule has 0 saturated heterocycles. The fourth-order valence-corrected chi connectivity index (χ4v) is 3.73. The maximum Gasteiger partial charge on any atom is 0.342 e. The highest BCUT2D eigenvalue weighted by atomic mass is 32.2. The van der Waals surface area contributed by atoms with Crippen molar-refractivity contribution in [1.82, 2.24) is 14.8 Å². The predicted octanol–water partition coefficient (Wildman–Crippen LogP) is 4.51. The van der Waals surface area contributed by atoms with Gasteiger partial charge in [-0.05, 0) is 49.4 Å². The Hall–Kier alpha value is -3.26. The van der Waals surface area contributed by atoms with E-state index < -0.39 is 5.97 Å². The molecule has 1 N–H and O–H groups in total. The second-order valence-electron chi connectivity index (χ2n) is 6.48. The predicted molar refractivity (Wildman–Crippen MR) is 117 cm³/mol. The van der Waals surface area contributed by atoms with Crippen molar-refractivity contribution in [2.75, 3.05) is 14.2 Å². The van der Waals surface area contributed by atoms with Crippen LogP contribution in [0.1, 0.15) is 18.1 Å². The lowest BCUT2D eigenvalue weighted by molar-refractivity contribution is -0.131. The van der Waals surface area contributed by atoms with Crippen LogP contribution in [0.2, 0.25) is 0 Å². The number of carboxylic acids is 1. The molecule has 0 spiro atoms. The van der Waals surface area contributed by atoms with Gasteiger partial charge in [0.15, 0.2) is 11.0 Å². The van der Waals surface area contributed by atoms with Gasteiger partial charge >= 0.3 is 5.97 Å². The quantitative estimate of drug-likeness (QED) is 0.420. The third kappa shape index (κ3) is 4.83. The minimum atomic E-state index is -1.02. The summed E-state index contributed by atoms with van der Waals surface area (Å²) in [6.07, 6.45) is 1.63. The van der Waals surface area contributed by atoms with E-state index in [1.807, 2.05) is 54.8 Å². The average molecular weight is 426 g/mol. The third-order valence-electron chi connectivity index (χ3n) is 4.43. The van der Waals surface area contributed by atoms with Gasteiger partial charge in [0.25, 0.3) is 0 Å². The van der Waals surface area contributed by atoms with Crippen LogP contribution in [0, 0.1) is 6.92 Å². The Kier molecular flexibility index (Phi) is 6.79. The Morgan fingerprint density at radius 1 is 1.10 bits per heavy atom. The molecule has 30 heavy (non-hydrogen) atoms. The maximum atomic E-state index is 11.8. The van der Waals surface area contributed by atoms with Crippen LogP contribution in [0.3, 0.4) is 0 Å². The molecule has 0 fully saturated rings. The maximum absolute atomic E-state index is 11.8. The number of rotatable bonds is 8. The molecule has 0 aliphatic heterocycles. The molecule has 156 valence electrons. The van der Waals surface area contributed by atoms with E-state index in [1.165, 1.54) is 0 Å². The number of carbonyl (C=O) groups is 1. The van der Waals surface area contributed by atoms with Gasteiger partial charge in [-0.2, -0.15) is 0 Å². The van der Waals surface area contributed by atoms with Crippen molar-refractivity contribution in [1.29, 1.82) is 0 Å². The van der Waals surface area contributed by atoms with Gasteiger partial charge in [0.2, 0.25) is 0 Å². The summed E-state index contributed by atoms with van der Waals surface area (Å²) in [5.41, 5.74) is 2.69. The first kappa shape index (κ1) is 21.4. The highest BCUT2D eigenvalue weighted by Crippen LogP contribution is 2.33. The van der Waals surface area contributed by atoms with Gasteiger partial charge in [-0.25, -0.2) is 4.79 Å². The molecule has 0 bridgehead atoms. The first-order valence-electron chi connectivity index (χ1n) is 9.31. The van der Waals surface area contributed by atoms with Crippen molar-refractivity contribution in [2.45, 2.75) is 25.5 Å². The number of hydrogen-bond donors (Lipinski definition) is 1. The SMILES string of the molecule is CCn1c(S/C(=C\c2ccc(C)cc2)C(=O)O)nnc1-c1cc(OC)cc(OC)c1. The van der Waals surface area contributed by atoms with Gasteiger partial charge < -0.3 is 19.1 Å². The van der Waals surface area contributed by atoms with Gasteiger partial charge in [0.1, 0.15) is 16.4 Å². The number of aliphatic carboxylic acids is 1. The molecule has 0 aliphatic rings. The Balaban J connectivity index is 1.98. The number of carboxylic acid groups (broad SMARTS) is 1. The molecule has 0 amide bonds. The van der Waals surface area contributed by atoms with Crippen LogP contribution in [0.25, 0.3) is 17.5 Å². The summed E-state index contributed by atoms with van der Waals surface area (Å²) in [5.74, 6) is 0.859. The number of methoxy groups -OCH3 is 2. The van der Waals surface area contributed by atoms with E-state index >= 15 is 0 Å². The lowest BCUT2D eigenvalue weighted by Gasteiger charge is -2.10. The first-order valence-corrected chi connectivity index (χ1v) is 10.1. The van der Waals surface area contributed by atoms with Crippen LogP contribution in [0.5, 0.6) is 11.5 Å². The monoisotopic (exact) mass is 425 g/mol. The van der Waals surface area contributed by atoms with Gasteiger partial charge in [-0.15, -0.1) is 10.2 Å². The standard InChI is InChI=1S/C22H23N3O4S/c1-5-25-20(16-11-17(28-3)13-18(12-16)29-4)23-24-22(25)30-19(21(26)27)10-15-8-6-14(2)7-9-15/h6-13H,5H2,1-4H3,(H,26,27)/b19-10-. The largest absolute Gasteiger partial charge is 0.497 e. The molecule has 0 unspecified atom stereocenters. The van der Waals surface area contributed by atoms with Crippen LogP contribution in [0.4, 0.5) is 0 Å². The molecule has 3 aromatic rings. The summed E-state index contributed by atoms with van der Waals surface area (Å²) >= 11 is 1.07. The van der Waals surface area contributed by atoms with Crippen LogP contribution < -0.4 is 9.47 Å². The fourth-order valence-electron chi connectivity index (χ4n) is 2.85. The Morgan fingerprint density at radius 2 is 1.73 bits per heavy atom. The fraction of sp³-hybridized carbons (Fsp3) is 0.227. The molecular weight excluding hydrogens is 402 g/mol. The second kappa shape index (κ2) is 9.49. The molecule has 0 saturated carbocycles. The van der Waals surface area contributed by atoms with Crippen molar-refractivity contribution >= 4 is 23.8 Å². The van der Waals surface area contributed by atoms with Crippen molar-refractivity contribution in [2.24, 2.45) is 0 Å². The van der Waals surface area contributed by atoms with Crippen LogP contribution >= 0.6 is 11.8 Å². The minimum absolute atomic E-state index is 0.163. The summed E-state index contributed by atoms with van der Waals surface area (Å²) < 4.78 is 12.5. The van der Waals surface area contributed by atoms with Crippen molar-refractivity contribution in [3.63, 3.8) is 0 Å². The van der Waals surface area contributed by atoms with E-state index in [1.54, 1.807) is 26.4 Å². The lowest BCUT2D eigenvalue weighted by atomic mass is 10.1. The molecule has 7 nitrogen and oxygen atoms in total.